The van der Waals surface area contributed by atoms with Crippen LogP contribution in [0.4, 0.5) is 0 Å². The first kappa shape index (κ1) is 20.2. The third-order valence-corrected chi connectivity index (χ3v) is 3.74. The lowest BCUT2D eigenvalue weighted by Crippen LogP contribution is -2.11. The summed E-state index contributed by atoms with van der Waals surface area (Å²) in [6.07, 6.45) is 20.1. The third-order valence-electron chi connectivity index (χ3n) is 3.74. The summed E-state index contributed by atoms with van der Waals surface area (Å²) in [5, 5.41) is 0. The topological polar surface area (TPSA) is 26.3 Å². The van der Waals surface area contributed by atoms with E-state index >= 15 is 0 Å². The van der Waals surface area contributed by atoms with Crippen molar-refractivity contribution in [2.24, 2.45) is 0 Å². The molecule has 0 aliphatic carbocycles. The summed E-state index contributed by atoms with van der Waals surface area (Å²) in [6.45, 7) is 5.71. The molecule has 0 aromatic carbocycles. The predicted octanol–water partition coefficient (Wildman–Crippen LogP) is 6.20. The van der Waals surface area contributed by atoms with E-state index in [1.807, 2.05) is 6.92 Å². The predicted molar refractivity (Wildman–Crippen MR) is 91.4 cm³/mol. The normalized spacial score (nSPS) is 12.7. The quantitative estimate of drug-likeness (QED) is 0.217. The third kappa shape index (κ3) is 17.2. The van der Waals surface area contributed by atoms with Gasteiger partial charge in [-0.3, -0.25) is 4.79 Å². The minimum absolute atomic E-state index is 0.0748. The molecule has 0 aliphatic heterocycles. The number of hydrogen-bond donors (Lipinski definition) is 0. The number of rotatable bonds is 14. The van der Waals surface area contributed by atoms with Crippen LogP contribution in [0.2, 0.25) is 0 Å². The Morgan fingerprint density at radius 1 is 0.905 bits per heavy atom. The number of hydrogen-bond acceptors (Lipinski definition) is 2. The molecular formula is C19H36O2. The molecule has 124 valence electrons. The number of carbonyl (C=O) groups is 1. The van der Waals surface area contributed by atoms with Crippen LogP contribution in [-0.4, -0.2) is 12.1 Å². The molecule has 2 nitrogen and oxygen atoms in total. The Balaban J connectivity index is 3.20. The zero-order valence-corrected chi connectivity index (χ0v) is 14.5. The molecule has 0 amide bonds. The van der Waals surface area contributed by atoms with Gasteiger partial charge >= 0.3 is 5.97 Å². The molecule has 0 aromatic rings. The van der Waals surface area contributed by atoms with Crippen molar-refractivity contribution in [2.45, 2.75) is 104 Å². The molecule has 1 atom stereocenters. The van der Waals surface area contributed by atoms with Crippen molar-refractivity contribution in [1.82, 2.24) is 0 Å². The molecule has 0 spiro atoms. The molecular weight excluding hydrogens is 260 g/mol. The summed E-state index contributed by atoms with van der Waals surface area (Å²) >= 11 is 0. The number of ether oxygens (including phenoxy) is 1. The Labute approximate surface area is 132 Å². The van der Waals surface area contributed by atoms with E-state index in [9.17, 15) is 4.79 Å². The highest BCUT2D eigenvalue weighted by molar-refractivity contribution is 5.66. The van der Waals surface area contributed by atoms with Crippen LogP contribution in [0, 0.1) is 0 Å². The van der Waals surface area contributed by atoms with Crippen LogP contribution in [-0.2, 0) is 9.53 Å². The summed E-state index contributed by atoms with van der Waals surface area (Å²) in [5.74, 6) is -0.167. The first-order valence-corrected chi connectivity index (χ1v) is 8.99. The molecule has 0 saturated heterocycles. The number of esters is 1. The van der Waals surface area contributed by atoms with Gasteiger partial charge in [0.25, 0.3) is 0 Å². The van der Waals surface area contributed by atoms with Gasteiger partial charge in [0.05, 0.1) is 6.10 Å². The molecule has 0 aromatic heterocycles. The highest BCUT2D eigenvalue weighted by atomic mass is 16.5. The Morgan fingerprint density at radius 3 is 2.00 bits per heavy atom. The maximum atomic E-state index is 10.8. The summed E-state index contributed by atoms with van der Waals surface area (Å²) in [5.41, 5.74) is 0. The van der Waals surface area contributed by atoms with Gasteiger partial charge in [-0.05, 0) is 45.4 Å². The minimum Gasteiger partial charge on any atom is -0.463 e. The van der Waals surface area contributed by atoms with Gasteiger partial charge in [0, 0.05) is 6.92 Å². The van der Waals surface area contributed by atoms with Crippen molar-refractivity contribution in [3.8, 4) is 0 Å². The fourth-order valence-electron chi connectivity index (χ4n) is 2.49. The zero-order valence-electron chi connectivity index (χ0n) is 14.5. The number of allylic oxidation sites excluding steroid dienone is 2. The van der Waals surface area contributed by atoms with Crippen LogP contribution in [0.1, 0.15) is 97.8 Å². The molecule has 2 heteroatoms. The summed E-state index contributed by atoms with van der Waals surface area (Å²) in [6, 6.07) is 0. The fraction of sp³-hybridized carbons (Fsp3) is 0.842. The largest absolute Gasteiger partial charge is 0.463 e. The van der Waals surface area contributed by atoms with Crippen LogP contribution >= 0.6 is 0 Å². The van der Waals surface area contributed by atoms with Gasteiger partial charge < -0.3 is 4.74 Å². The summed E-state index contributed by atoms with van der Waals surface area (Å²) in [4.78, 5) is 10.8. The van der Waals surface area contributed by atoms with E-state index in [1.54, 1.807) is 0 Å². The highest BCUT2D eigenvalue weighted by Crippen LogP contribution is 2.10. The second-order valence-corrected chi connectivity index (χ2v) is 6.09. The zero-order chi connectivity index (χ0) is 15.8. The number of unbranched alkanes of at least 4 members (excludes halogenated alkanes) is 9. The lowest BCUT2D eigenvalue weighted by atomic mass is 10.1. The van der Waals surface area contributed by atoms with Gasteiger partial charge in [0.15, 0.2) is 0 Å². The van der Waals surface area contributed by atoms with Crippen LogP contribution in [0.3, 0.4) is 0 Å². The monoisotopic (exact) mass is 296 g/mol. The van der Waals surface area contributed by atoms with Crippen molar-refractivity contribution in [2.75, 3.05) is 0 Å². The molecule has 21 heavy (non-hydrogen) atoms. The Hall–Kier alpha value is -0.790. The van der Waals surface area contributed by atoms with E-state index in [-0.39, 0.29) is 12.1 Å². The maximum Gasteiger partial charge on any atom is 0.302 e. The summed E-state index contributed by atoms with van der Waals surface area (Å²) in [7, 11) is 0. The molecule has 0 aliphatic rings. The van der Waals surface area contributed by atoms with Gasteiger partial charge in [-0.25, -0.2) is 0 Å². The van der Waals surface area contributed by atoms with Gasteiger partial charge in [-0.2, -0.15) is 0 Å². The Kier molecular flexibility index (Phi) is 15.0. The maximum absolute atomic E-state index is 10.8. The van der Waals surface area contributed by atoms with Crippen LogP contribution < -0.4 is 0 Å². The van der Waals surface area contributed by atoms with Gasteiger partial charge in [0.1, 0.15) is 0 Å². The van der Waals surface area contributed by atoms with E-state index in [0.717, 1.165) is 12.8 Å². The fourth-order valence-corrected chi connectivity index (χ4v) is 2.49. The minimum atomic E-state index is -0.167. The molecule has 0 heterocycles. The van der Waals surface area contributed by atoms with Crippen molar-refractivity contribution in [3.05, 3.63) is 12.2 Å². The van der Waals surface area contributed by atoms with Gasteiger partial charge in [0.2, 0.25) is 0 Å². The first-order chi connectivity index (χ1) is 10.2. The second-order valence-electron chi connectivity index (χ2n) is 6.09. The molecule has 1 unspecified atom stereocenters. The second kappa shape index (κ2) is 15.6. The molecule has 0 fully saturated rings. The molecule has 0 N–H and O–H groups in total. The first-order valence-electron chi connectivity index (χ1n) is 8.99. The Morgan fingerprint density at radius 2 is 1.43 bits per heavy atom. The van der Waals surface area contributed by atoms with E-state index in [0.29, 0.717) is 0 Å². The molecule has 0 radical (unpaired) electrons. The molecule has 0 saturated carbocycles. The molecule has 0 rings (SSSR count). The lowest BCUT2D eigenvalue weighted by molar-refractivity contribution is -0.145. The van der Waals surface area contributed by atoms with E-state index in [4.69, 9.17) is 4.74 Å². The Bertz CT molecular complexity index is 258. The van der Waals surface area contributed by atoms with Crippen molar-refractivity contribution < 1.29 is 9.53 Å². The van der Waals surface area contributed by atoms with Crippen molar-refractivity contribution >= 4 is 5.97 Å². The standard InChI is InChI=1S/C19H36O2/c1-4-5-6-7-8-9-10-11-12-13-14-15-16-17-18(2)21-19(3)20/h11-12,18H,4-10,13-17H2,1-3H3. The van der Waals surface area contributed by atoms with Crippen molar-refractivity contribution in [1.29, 1.82) is 0 Å². The lowest BCUT2D eigenvalue weighted by Gasteiger charge is -2.10. The van der Waals surface area contributed by atoms with E-state index in [2.05, 4.69) is 19.1 Å². The smallest absolute Gasteiger partial charge is 0.302 e. The van der Waals surface area contributed by atoms with Gasteiger partial charge in [-0.1, -0.05) is 57.6 Å². The van der Waals surface area contributed by atoms with Crippen molar-refractivity contribution in [3.63, 3.8) is 0 Å². The van der Waals surface area contributed by atoms with Crippen LogP contribution in [0.25, 0.3) is 0 Å². The van der Waals surface area contributed by atoms with Gasteiger partial charge in [-0.15, -0.1) is 0 Å². The van der Waals surface area contributed by atoms with Crippen LogP contribution in [0.15, 0.2) is 12.2 Å². The van der Waals surface area contributed by atoms with E-state index < -0.39 is 0 Å². The number of carbonyl (C=O) groups excluding carboxylic acids is 1. The molecule has 0 bridgehead atoms. The van der Waals surface area contributed by atoms with E-state index in [1.165, 1.54) is 71.1 Å². The summed E-state index contributed by atoms with van der Waals surface area (Å²) < 4.78 is 5.10. The SMILES string of the molecule is CCCCCCCCC=CCCCCCC(C)OC(C)=O. The highest BCUT2D eigenvalue weighted by Gasteiger charge is 2.03. The average Bonchev–Trinajstić information content (AvgIpc) is 2.43. The van der Waals surface area contributed by atoms with Crippen LogP contribution in [0.5, 0.6) is 0 Å². The average molecular weight is 296 g/mol.